The monoisotopic (exact) mass is 741 g/mol. The summed E-state index contributed by atoms with van der Waals surface area (Å²) >= 11 is 16.2. The molecule has 4 aromatic rings. The Morgan fingerprint density at radius 1 is 0.848 bits per heavy atom. The predicted molar refractivity (Wildman–Crippen MR) is 186 cm³/mol. The van der Waals surface area contributed by atoms with Crippen molar-refractivity contribution in [3.05, 3.63) is 129 Å². The standard InChI is InChI=1S/C35H34BrCl2N3O4S/c36-27-13-9-12-26(20-27)23-40(33(21-25-10-3-1-4-11-25)35(43)39-29-14-7-8-15-29)34(42)24-41(32-19-18-28(37)22-31(32)38)46(44,45)30-16-5-2-6-17-30/h1-6,9-13,16-20,22,29,33H,7-8,14-15,21,23-24H2,(H,39,43)/t33-/m1/s1. The number of hydrogen-bond acceptors (Lipinski definition) is 4. The summed E-state index contributed by atoms with van der Waals surface area (Å²) in [6.45, 7) is -0.532. The van der Waals surface area contributed by atoms with Gasteiger partial charge >= 0.3 is 0 Å². The molecule has 11 heteroatoms. The number of nitrogens with zero attached hydrogens (tertiary/aromatic N) is 2. The molecule has 2 amide bonds. The molecule has 1 fully saturated rings. The summed E-state index contributed by atoms with van der Waals surface area (Å²) in [5.41, 5.74) is 1.74. The maximum atomic E-state index is 14.6. The van der Waals surface area contributed by atoms with Crippen molar-refractivity contribution < 1.29 is 18.0 Å². The van der Waals surface area contributed by atoms with Gasteiger partial charge in [-0.25, -0.2) is 8.42 Å². The molecule has 0 aliphatic heterocycles. The summed E-state index contributed by atoms with van der Waals surface area (Å²) in [6.07, 6.45) is 4.06. The van der Waals surface area contributed by atoms with Crippen LogP contribution in [0.15, 0.2) is 112 Å². The lowest BCUT2D eigenvalue weighted by Gasteiger charge is -2.34. The third-order valence-electron chi connectivity index (χ3n) is 8.00. The van der Waals surface area contributed by atoms with Gasteiger partial charge in [-0.2, -0.15) is 0 Å². The molecule has 5 rings (SSSR count). The first-order chi connectivity index (χ1) is 22.1. The van der Waals surface area contributed by atoms with Crippen molar-refractivity contribution in [2.75, 3.05) is 10.8 Å². The average Bonchev–Trinajstić information content (AvgIpc) is 3.56. The van der Waals surface area contributed by atoms with Crippen molar-refractivity contribution in [2.45, 2.75) is 55.6 Å². The van der Waals surface area contributed by atoms with Gasteiger partial charge in [0, 0.05) is 28.5 Å². The Labute approximate surface area is 288 Å². The molecular formula is C35H34BrCl2N3O4S. The van der Waals surface area contributed by atoms with Crippen molar-refractivity contribution in [3.63, 3.8) is 0 Å². The molecule has 1 aliphatic rings. The lowest BCUT2D eigenvalue weighted by atomic mass is 10.0. The fraction of sp³-hybridized carbons (Fsp3) is 0.257. The Hall–Kier alpha value is -3.37. The maximum absolute atomic E-state index is 14.6. The minimum atomic E-state index is -4.27. The Bertz CT molecular complexity index is 1770. The molecule has 1 saturated carbocycles. The van der Waals surface area contributed by atoms with Crippen LogP contribution in [0.5, 0.6) is 0 Å². The van der Waals surface area contributed by atoms with Gasteiger partial charge in [-0.15, -0.1) is 0 Å². The number of sulfonamides is 1. The molecule has 4 aromatic carbocycles. The van der Waals surface area contributed by atoms with E-state index < -0.39 is 28.5 Å². The number of amides is 2. The summed E-state index contributed by atoms with van der Waals surface area (Å²) in [6, 6.07) is 28.4. The van der Waals surface area contributed by atoms with Gasteiger partial charge in [0.1, 0.15) is 12.6 Å². The number of nitrogens with one attached hydrogen (secondary N) is 1. The highest BCUT2D eigenvalue weighted by atomic mass is 79.9. The summed E-state index contributed by atoms with van der Waals surface area (Å²) < 4.78 is 30.1. The van der Waals surface area contributed by atoms with Crippen molar-refractivity contribution in [3.8, 4) is 0 Å². The number of rotatable bonds is 12. The van der Waals surface area contributed by atoms with Gasteiger partial charge in [0.05, 0.1) is 15.6 Å². The summed E-state index contributed by atoms with van der Waals surface area (Å²) in [5.74, 6) is -0.839. The Kier molecular flexibility index (Phi) is 11.4. The molecule has 1 N–H and O–H groups in total. The number of anilines is 1. The normalized spacial score (nSPS) is 14.1. The first-order valence-corrected chi connectivity index (χ1v) is 18.0. The van der Waals surface area contributed by atoms with E-state index in [4.69, 9.17) is 23.2 Å². The van der Waals surface area contributed by atoms with Gasteiger partial charge in [0.2, 0.25) is 11.8 Å². The molecular weight excluding hydrogens is 709 g/mol. The molecule has 0 saturated heterocycles. The van der Waals surface area contributed by atoms with Crippen LogP contribution in [0.25, 0.3) is 0 Å². The fourth-order valence-electron chi connectivity index (χ4n) is 5.67. The SMILES string of the molecule is O=C(NC1CCCC1)[C@@H](Cc1ccccc1)N(Cc1cccc(Br)c1)C(=O)CN(c1ccc(Cl)cc1Cl)S(=O)(=O)c1ccccc1. The highest BCUT2D eigenvalue weighted by Gasteiger charge is 2.36. The zero-order valence-corrected chi connectivity index (χ0v) is 28.9. The molecule has 0 radical (unpaired) electrons. The molecule has 0 heterocycles. The first-order valence-electron chi connectivity index (χ1n) is 15.0. The summed E-state index contributed by atoms with van der Waals surface area (Å²) in [5, 5.41) is 3.57. The van der Waals surface area contributed by atoms with Crippen LogP contribution in [0.3, 0.4) is 0 Å². The highest BCUT2D eigenvalue weighted by Crippen LogP contribution is 2.33. The van der Waals surface area contributed by atoms with E-state index in [1.165, 1.54) is 35.2 Å². The largest absolute Gasteiger partial charge is 0.352 e. The average molecular weight is 744 g/mol. The molecule has 0 spiro atoms. The second-order valence-electron chi connectivity index (χ2n) is 11.3. The van der Waals surface area contributed by atoms with E-state index in [9.17, 15) is 18.0 Å². The van der Waals surface area contributed by atoms with E-state index in [1.807, 2.05) is 54.6 Å². The summed E-state index contributed by atoms with van der Waals surface area (Å²) in [4.78, 5) is 30.2. The fourth-order valence-corrected chi connectivity index (χ4v) is 8.13. The van der Waals surface area contributed by atoms with E-state index in [2.05, 4.69) is 21.2 Å². The quantitative estimate of drug-likeness (QED) is 0.162. The van der Waals surface area contributed by atoms with Crippen molar-refractivity contribution in [1.82, 2.24) is 10.2 Å². The molecule has 240 valence electrons. The second-order valence-corrected chi connectivity index (χ2v) is 14.9. The third kappa shape index (κ3) is 8.50. The van der Waals surface area contributed by atoms with Crippen LogP contribution in [0.4, 0.5) is 5.69 Å². The smallest absolute Gasteiger partial charge is 0.264 e. The van der Waals surface area contributed by atoms with Crippen LogP contribution in [0.1, 0.15) is 36.8 Å². The molecule has 1 atom stereocenters. The number of hydrogen-bond donors (Lipinski definition) is 1. The first kappa shape index (κ1) is 34.0. The van der Waals surface area contributed by atoms with Gasteiger partial charge in [-0.05, 0) is 66.4 Å². The van der Waals surface area contributed by atoms with Crippen molar-refractivity contribution >= 4 is 66.7 Å². The minimum absolute atomic E-state index is 0.00725. The molecule has 46 heavy (non-hydrogen) atoms. The lowest BCUT2D eigenvalue weighted by molar-refractivity contribution is -0.140. The molecule has 0 unspecified atom stereocenters. The van der Waals surface area contributed by atoms with E-state index in [1.54, 1.807) is 18.2 Å². The molecule has 7 nitrogen and oxygen atoms in total. The number of carbonyl (C=O) groups is 2. The second kappa shape index (κ2) is 15.5. The van der Waals surface area contributed by atoms with Crippen LogP contribution >= 0.6 is 39.1 Å². The molecule has 0 aromatic heterocycles. The molecule has 0 bridgehead atoms. The number of benzene rings is 4. The van der Waals surface area contributed by atoms with Gasteiger partial charge in [-0.3, -0.25) is 13.9 Å². The topological polar surface area (TPSA) is 86.8 Å². The van der Waals surface area contributed by atoms with Gasteiger partial charge in [-0.1, -0.05) is 113 Å². The lowest BCUT2D eigenvalue weighted by Crippen LogP contribution is -2.54. The Morgan fingerprint density at radius 2 is 1.50 bits per heavy atom. The molecule has 1 aliphatic carbocycles. The zero-order chi connectivity index (χ0) is 32.7. The van der Waals surface area contributed by atoms with Gasteiger partial charge in [0.25, 0.3) is 10.0 Å². The zero-order valence-electron chi connectivity index (χ0n) is 25.0. The predicted octanol–water partition coefficient (Wildman–Crippen LogP) is 7.65. The third-order valence-corrected chi connectivity index (χ3v) is 10.8. The Morgan fingerprint density at radius 3 is 2.15 bits per heavy atom. The minimum Gasteiger partial charge on any atom is -0.352 e. The van der Waals surface area contributed by atoms with E-state index in [0.717, 1.165) is 45.6 Å². The highest BCUT2D eigenvalue weighted by molar-refractivity contribution is 9.10. The van der Waals surface area contributed by atoms with E-state index in [0.29, 0.717) is 5.02 Å². The maximum Gasteiger partial charge on any atom is 0.264 e. The van der Waals surface area contributed by atoms with E-state index >= 15 is 0 Å². The Balaban J connectivity index is 1.58. The van der Waals surface area contributed by atoms with Crippen LogP contribution < -0.4 is 9.62 Å². The number of carbonyl (C=O) groups excluding carboxylic acids is 2. The van der Waals surface area contributed by atoms with Crippen LogP contribution in [-0.4, -0.2) is 43.8 Å². The van der Waals surface area contributed by atoms with Gasteiger partial charge in [0.15, 0.2) is 0 Å². The van der Waals surface area contributed by atoms with Crippen LogP contribution in [0.2, 0.25) is 10.0 Å². The van der Waals surface area contributed by atoms with Gasteiger partial charge < -0.3 is 10.2 Å². The van der Waals surface area contributed by atoms with Crippen LogP contribution in [-0.2, 0) is 32.6 Å². The van der Waals surface area contributed by atoms with Crippen LogP contribution in [0, 0.1) is 0 Å². The van der Waals surface area contributed by atoms with Crippen molar-refractivity contribution in [2.24, 2.45) is 0 Å². The summed E-state index contributed by atoms with van der Waals surface area (Å²) in [7, 11) is -4.27. The van der Waals surface area contributed by atoms with E-state index in [-0.39, 0.29) is 40.5 Å². The number of halogens is 3. The van der Waals surface area contributed by atoms with Crippen molar-refractivity contribution in [1.29, 1.82) is 0 Å².